The van der Waals surface area contributed by atoms with Gasteiger partial charge in [-0.15, -0.1) is 0 Å². The van der Waals surface area contributed by atoms with Gasteiger partial charge in [0.25, 0.3) is 5.91 Å². The van der Waals surface area contributed by atoms with Gasteiger partial charge in [0.15, 0.2) is 18.1 Å². The van der Waals surface area contributed by atoms with Crippen molar-refractivity contribution >= 4 is 5.91 Å². The van der Waals surface area contributed by atoms with Crippen LogP contribution in [0.25, 0.3) is 0 Å². The zero-order valence-electron chi connectivity index (χ0n) is 12.9. The summed E-state index contributed by atoms with van der Waals surface area (Å²) in [6, 6.07) is 5.37. The van der Waals surface area contributed by atoms with E-state index in [0.717, 1.165) is 19.5 Å². The molecule has 1 aromatic carbocycles. The van der Waals surface area contributed by atoms with Crippen molar-refractivity contribution in [1.29, 1.82) is 0 Å². The molecule has 1 aliphatic heterocycles. The first kappa shape index (κ1) is 15.5. The Kier molecular flexibility index (Phi) is 5.31. The molecule has 1 aliphatic rings. The lowest BCUT2D eigenvalue weighted by molar-refractivity contribution is -0.135. The van der Waals surface area contributed by atoms with Crippen LogP contribution in [0.3, 0.4) is 0 Å². The van der Waals surface area contributed by atoms with Crippen LogP contribution in [0.15, 0.2) is 18.2 Å². The van der Waals surface area contributed by atoms with Crippen LogP contribution < -0.4 is 14.2 Å². The molecule has 1 fully saturated rings. The molecular weight excluding hydrogens is 270 g/mol. The third kappa shape index (κ3) is 3.80. The molecule has 0 spiro atoms. The van der Waals surface area contributed by atoms with Gasteiger partial charge in [-0.3, -0.25) is 4.79 Å². The molecule has 0 saturated carbocycles. The molecule has 1 saturated heterocycles. The SMILES string of the molecule is COc1cccc(OCC(=O)N2CCCC(C)C2)c1OC. The van der Waals surface area contributed by atoms with E-state index in [0.29, 0.717) is 23.2 Å². The predicted molar refractivity (Wildman–Crippen MR) is 80.0 cm³/mol. The van der Waals surface area contributed by atoms with Crippen LogP contribution in [-0.4, -0.2) is 44.7 Å². The molecule has 21 heavy (non-hydrogen) atoms. The van der Waals surface area contributed by atoms with Crippen molar-refractivity contribution in [3.63, 3.8) is 0 Å². The van der Waals surface area contributed by atoms with E-state index in [1.165, 1.54) is 6.42 Å². The fraction of sp³-hybridized carbons (Fsp3) is 0.562. The molecule has 0 N–H and O–H groups in total. The van der Waals surface area contributed by atoms with Crippen LogP contribution in [0, 0.1) is 5.92 Å². The van der Waals surface area contributed by atoms with E-state index in [4.69, 9.17) is 14.2 Å². The average molecular weight is 293 g/mol. The molecule has 0 aliphatic carbocycles. The molecule has 5 nitrogen and oxygen atoms in total. The average Bonchev–Trinajstić information content (AvgIpc) is 2.51. The van der Waals surface area contributed by atoms with E-state index in [1.807, 2.05) is 11.0 Å². The number of likely N-dealkylation sites (tertiary alicyclic amines) is 1. The number of para-hydroxylation sites is 1. The summed E-state index contributed by atoms with van der Waals surface area (Å²) in [6.45, 7) is 3.83. The number of nitrogens with zero attached hydrogens (tertiary/aromatic N) is 1. The Morgan fingerprint density at radius 2 is 2.05 bits per heavy atom. The number of hydrogen-bond acceptors (Lipinski definition) is 4. The number of rotatable bonds is 5. The smallest absolute Gasteiger partial charge is 0.260 e. The summed E-state index contributed by atoms with van der Waals surface area (Å²) in [5.41, 5.74) is 0. The third-order valence-corrected chi connectivity index (χ3v) is 3.73. The van der Waals surface area contributed by atoms with Crippen molar-refractivity contribution < 1.29 is 19.0 Å². The second kappa shape index (κ2) is 7.20. The topological polar surface area (TPSA) is 48.0 Å². The summed E-state index contributed by atoms with van der Waals surface area (Å²) >= 11 is 0. The maximum absolute atomic E-state index is 12.2. The zero-order valence-corrected chi connectivity index (χ0v) is 12.9. The molecule has 1 amide bonds. The minimum atomic E-state index is 0.0198. The maximum atomic E-state index is 12.2. The minimum absolute atomic E-state index is 0.0198. The van der Waals surface area contributed by atoms with Crippen molar-refractivity contribution in [2.45, 2.75) is 19.8 Å². The Morgan fingerprint density at radius 1 is 1.29 bits per heavy atom. The van der Waals surface area contributed by atoms with E-state index < -0.39 is 0 Å². The largest absolute Gasteiger partial charge is 0.493 e. The van der Waals surface area contributed by atoms with Crippen LogP contribution in [-0.2, 0) is 4.79 Å². The van der Waals surface area contributed by atoms with Crippen molar-refractivity contribution in [2.75, 3.05) is 33.9 Å². The Labute approximate surface area is 125 Å². The summed E-state index contributed by atoms with van der Waals surface area (Å²) in [5, 5.41) is 0. The second-order valence-corrected chi connectivity index (χ2v) is 5.37. The number of hydrogen-bond donors (Lipinski definition) is 0. The first-order valence-corrected chi connectivity index (χ1v) is 7.27. The van der Waals surface area contributed by atoms with Gasteiger partial charge < -0.3 is 19.1 Å². The van der Waals surface area contributed by atoms with Crippen molar-refractivity contribution in [1.82, 2.24) is 4.90 Å². The normalized spacial score (nSPS) is 18.2. The summed E-state index contributed by atoms with van der Waals surface area (Å²) in [5.74, 6) is 2.21. The van der Waals surface area contributed by atoms with Gasteiger partial charge in [-0.05, 0) is 30.9 Å². The highest BCUT2D eigenvalue weighted by molar-refractivity contribution is 5.78. The van der Waals surface area contributed by atoms with E-state index in [2.05, 4.69) is 6.92 Å². The lowest BCUT2D eigenvalue weighted by Gasteiger charge is -2.30. The molecular formula is C16H23NO4. The molecule has 0 radical (unpaired) electrons. The van der Waals surface area contributed by atoms with Crippen molar-refractivity contribution in [2.24, 2.45) is 5.92 Å². The third-order valence-electron chi connectivity index (χ3n) is 3.73. The monoisotopic (exact) mass is 293 g/mol. The highest BCUT2D eigenvalue weighted by Gasteiger charge is 2.21. The van der Waals surface area contributed by atoms with Gasteiger partial charge in [0.1, 0.15) is 0 Å². The van der Waals surface area contributed by atoms with Crippen LogP contribution >= 0.6 is 0 Å². The van der Waals surface area contributed by atoms with Gasteiger partial charge in [0.05, 0.1) is 14.2 Å². The molecule has 0 aromatic heterocycles. The van der Waals surface area contributed by atoms with Crippen LogP contribution in [0.1, 0.15) is 19.8 Å². The Hall–Kier alpha value is -1.91. The lowest BCUT2D eigenvalue weighted by Crippen LogP contribution is -2.41. The molecule has 0 bridgehead atoms. The lowest BCUT2D eigenvalue weighted by atomic mass is 10.0. The van der Waals surface area contributed by atoms with E-state index in [1.54, 1.807) is 26.4 Å². The Bertz CT molecular complexity index is 489. The standard InChI is InChI=1S/C16H23NO4/c1-12-6-5-9-17(10-12)15(18)11-21-14-8-4-7-13(19-2)16(14)20-3/h4,7-8,12H,5-6,9-11H2,1-3H3. The van der Waals surface area contributed by atoms with Crippen LogP contribution in [0.2, 0.25) is 0 Å². The van der Waals surface area contributed by atoms with Gasteiger partial charge in [0.2, 0.25) is 5.75 Å². The van der Waals surface area contributed by atoms with Crippen molar-refractivity contribution in [3.8, 4) is 17.2 Å². The fourth-order valence-corrected chi connectivity index (χ4v) is 2.62. The quantitative estimate of drug-likeness (QED) is 0.836. The van der Waals surface area contributed by atoms with Gasteiger partial charge in [-0.25, -0.2) is 0 Å². The Morgan fingerprint density at radius 3 is 2.71 bits per heavy atom. The number of methoxy groups -OCH3 is 2. The summed E-state index contributed by atoms with van der Waals surface area (Å²) in [7, 11) is 3.13. The highest BCUT2D eigenvalue weighted by atomic mass is 16.5. The molecule has 1 aromatic rings. The van der Waals surface area contributed by atoms with E-state index in [-0.39, 0.29) is 12.5 Å². The number of amides is 1. The molecule has 2 rings (SSSR count). The first-order valence-electron chi connectivity index (χ1n) is 7.27. The van der Waals surface area contributed by atoms with E-state index >= 15 is 0 Å². The van der Waals surface area contributed by atoms with Crippen LogP contribution in [0.4, 0.5) is 0 Å². The number of ether oxygens (including phenoxy) is 3. The first-order chi connectivity index (χ1) is 10.2. The van der Waals surface area contributed by atoms with Gasteiger partial charge >= 0.3 is 0 Å². The fourth-order valence-electron chi connectivity index (χ4n) is 2.62. The summed E-state index contributed by atoms with van der Waals surface area (Å²) < 4.78 is 16.1. The number of benzene rings is 1. The van der Waals surface area contributed by atoms with Gasteiger partial charge in [-0.1, -0.05) is 13.0 Å². The summed E-state index contributed by atoms with van der Waals surface area (Å²) in [4.78, 5) is 14.1. The second-order valence-electron chi connectivity index (χ2n) is 5.37. The number of carbonyl (C=O) groups excluding carboxylic acids is 1. The molecule has 1 heterocycles. The zero-order chi connectivity index (χ0) is 15.2. The molecule has 5 heteroatoms. The number of carbonyl (C=O) groups is 1. The predicted octanol–water partition coefficient (Wildman–Crippen LogP) is 2.34. The van der Waals surface area contributed by atoms with Crippen molar-refractivity contribution in [3.05, 3.63) is 18.2 Å². The summed E-state index contributed by atoms with van der Waals surface area (Å²) in [6.07, 6.45) is 2.25. The minimum Gasteiger partial charge on any atom is -0.493 e. The van der Waals surface area contributed by atoms with Crippen LogP contribution in [0.5, 0.6) is 17.2 Å². The maximum Gasteiger partial charge on any atom is 0.260 e. The molecule has 116 valence electrons. The van der Waals surface area contributed by atoms with E-state index in [9.17, 15) is 4.79 Å². The number of piperidine rings is 1. The molecule has 1 atom stereocenters. The van der Waals surface area contributed by atoms with Gasteiger partial charge in [-0.2, -0.15) is 0 Å². The van der Waals surface area contributed by atoms with Gasteiger partial charge in [0, 0.05) is 13.1 Å². The highest BCUT2D eigenvalue weighted by Crippen LogP contribution is 2.36. The molecule has 1 unspecified atom stereocenters. The Balaban J connectivity index is 1.98.